The van der Waals surface area contributed by atoms with E-state index in [9.17, 15) is 10.1 Å². The molecule has 2 N–H and O–H groups in total. The highest BCUT2D eigenvalue weighted by molar-refractivity contribution is 5.45. The normalized spacial score (nSPS) is 9.69. The average molecular weight is 182 g/mol. The molecule has 1 aromatic rings. The second kappa shape index (κ2) is 3.86. The third kappa shape index (κ3) is 1.94. The molecule has 0 atom stereocenters. The van der Waals surface area contributed by atoms with Gasteiger partial charge in [-0.05, 0) is 12.1 Å². The molecule has 0 aliphatic carbocycles. The quantitative estimate of drug-likeness (QED) is 0.560. The summed E-state index contributed by atoms with van der Waals surface area (Å²) in [6.45, 7) is 0.153. The number of methoxy groups -OCH3 is 1. The van der Waals surface area contributed by atoms with Crippen LogP contribution in [0.1, 0.15) is 5.56 Å². The summed E-state index contributed by atoms with van der Waals surface area (Å²) in [4.78, 5) is 10.1. The summed E-state index contributed by atoms with van der Waals surface area (Å²) in [6.07, 6.45) is 0. The Bertz CT molecular complexity index is 325. The third-order valence-corrected chi connectivity index (χ3v) is 1.71. The topological polar surface area (TPSA) is 78.4 Å². The molecule has 70 valence electrons. The van der Waals surface area contributed by atoms with Gasteiger partial charge in [0.05, 0.1) is 18.1 Å². The zero-order valence-corrected chi connectivity index (χ0v) is 7.19. The van der Waals surface area contributed by atoms with Crippen molar-refractivity contribution in [2.24, 2.45) is 5.73 Å². The van der Waals surface area contributed by atoms with Gasteiger partial charge in [0.15, 0.2) is 0 Å². The molecular formula is C8H10N2O3. The van der Waals surface area contributed by atoms with Crippen LogP contribution in [0.3, 0.4) is 0 Å². The molecule has 0 heterocycles. The van der Waals surface area contributed by atoms with Crippen LogP contribution in [0.2, 0.25) is 0 Å². The lowest BCUT2D eigenvalue weighted by atomic mass is 10.2. The molecular weight excluding hydrogens is 172 g/mol. The largest absolute Gasteiger partial charge is 0.497 e. The van der Waals surface area contributed by atoms with E-state index in [1.807, 2.05) is 0 Å². The fraction of sp³-hybridized carbons (Fsp3) is 0.250. The molecule has 0 aromatic heterocycles. The van der Waals surface area contributed by atoms with Crippen molar-refractivity contribution in [2.75, 3.05) is 7.11 Å². The molecule has 0 bridgehead atoms. The first kappa shape index (κ1) is 9.47. The molecule has 0 saturated heterocycles. The van der Waals surface area contributed by atoms with Gasteiger partial charge in [-0.25, -0.2) is 0 Å². The molecule has 5 heteroatoms. The van der Waals surface area contributed by atoms with Gasteiger partial charge in [0.1, 0.15) is 5.75 Å². The van der Waals surface area contributed by atoms with Crippen LogP contribution in [0.25, 0.3) is 0 Å². The Kier molecular flexibility index (Phi) is 2.81. The lowest BCUT2D eigenvalue weighted by molar-refractivity contribution is -0.385. The minimum absolute atomic E-state index is 0.00171. The van der Waals surface area contributed by atoms with Crippen LogP contribution in [-0.2, 0) is 6.54 Å². The van der Waals surface area contributed by atoms with Crippen molar-refractivity contribution >= 4 is 5.69 Å². The number of hydrogen-bond donors (Lipinski definition) is 1. The Labute approximate surface area is 75.3 Å². The van der Waals surface area contributed by atoms with Crippen LogP contribution in [-0.4, -0.2) is 12.0 Å². The van der Waals surface area contributed by atoms with Crippen LogP contribution in [0.4, 0.5) is 5.69 Å². The van der Waals surface area contributed by atoms with E-state index >= 15 is 0 Å². The Morgan fingerprint density at radius 1 is 1.62 bits per heavy atom. The molecule has 0 radical (unpaired) electrons. The molecule has 1 rings (SSSR count). The Morgan fingerprint density at radius 3 is 2.77 bits per heavy atom. The van der Waals surface area contributed by atoms with E-state index in [4.69, 9.17) is 10.5 Å². The predicted molar refractivity (Wildman–Crippen MR) is 47.5 cm³/mol. The average Bonchev–Trinajstić information content (AvgIpc) is 2.16. The van der Waals surface area contributed by atoms with Crippen molar-refractivity contribution in [2.45, 2.75) is 6.54 Å². The Hall–Kier alpha value is -1.62. The van der Waals surface area contributed by atoms with Crippen molar-refractivity contribution in [1.29, 1.82) is 0 Å². The zero-order chi connectivity index (χ0) is 9.84. The van der Waals surface area contributed by atoms with E-state index in [-0.39, 0.29) is 12.2 Å². The second-order valence-electron chi connectivity index (χ2n) is 2.46. The van der Waals surface area contributed by atoms with Crippen molar-refractivity contribution in [1.82, 2.24) is 0 Å². The summed E-state index contributed by atoms with van der Waals surface area (Å²) in [5.74, 6) is 0.462. The number of nitro benzene ring substituents is 1. The number of nitrogens with zero attached hydrogens (tertiary/aromatic N) is 1. The first-order valence-corrected chi connectivity index (χ1v) is 3.70. The number of hydrogen-bond acceptors (Lipinski definition) is 4. The summed E-state index contributed by atoms with van der Waals surface area (Å²) in [6, 6.07) is 4.61. The minimum atomic E-state index is -0.468. The number of ether oxygens (including phenoxy) is 1. The first-order chi connectivity index (χ1) is 6.19. The van der Waals surface area contributed by atoms with Gasteiger partial charge in [-0.3, -0.25) is 10.1 Å². The second-order valence-corrected chi connectivity index (χ2v) is 2.46. The van der Waals surface area contributed by atoms with Gasteiger partial charge in [-0.15, -0.1) is 0 Å². The molecule has 0 unspecified atom stereocenters. The van der Waals surface area contributed by atoms with E-state index in [2.05, 4.69) is 0 Å². The highest BCUT2D eigenvalue weighted by Gasteiger charge is 2.12. The molecule has 0 aliphatic rings. The zero-order valence-electron chi connectivity index (χ0n) is 7.19. The summed E-state index contributed by atoms with van der Waals surface area (Å²) in [7, 11) is 1.46. The number of nitro groups is 1. The van der Waals surface area contributed by atoms with Gasteiger partial charge < -0.3 is 10.5 Å². The van der Waals surface area contributed by atoms with Crippen molar-refractivity contribution in [3.05, 3.63) is 33.9 Å². The van der Waals surface area contributed by atoms with E-state index in [0.29, 0.717) is 11.3 Å². The number of rotatable bonds is 3. The van der Waals surface area contributed by atoms with Crippen LogP contribution in [0, 0.1) is 10.1 Å². The summed E-state index contributed by atoms with van der Waals surface area (Å²) in [5, 5.41) is 10.5. The fourth-order valence-corrected chi connectivity index (χ4v) is 1.01. The standard InChI is InChI=1S/C8H10N2O3/c1-13-7-3-2-6(5-9)8(4-7)10(11)12/h2-4H,5,9H2,1H3. The van der Waals surface area contributed by atoms with Gasteiger partial charge in [0, 0.05) is 12.1 Å². The predicted octanol–water partition coefficient (Wildman–Crippen LogP) is 1.06. The Balaban J connectivity index is 3.18. The molecule has 13 heavy (non-hydrogen) atoms. The van der Waals surface area contributed by atoms with E-state index in [0.717, 1.165) is 0 Å². The van der Waals surface area contributed by atoms with Crippen LogP contribution in [0.15, 0.2) is 18.2 Å². The summed E-state index contributed by atoms with van der Waals surface area (Å²) < 4.78 is 4.86. The molecule has 0 fully saturated rings. The van der Waals surface area contributed by atoms with E-state index in [1.54, 1.807) is 12.1 Å². The summed E-state index contributed by atoms with van der Waals surface area (Å²) in [5.41, 5.74) is 5.84. The van der Waals surface area contributed by atoms with Gasteiger partial charge in [0.25, 0.3) is 5.69 Å². The molecule has 5 nitrogen and oxygen atoms in total. The third-order valence-electron chi connectivity index (χ3n) is 1.71. The lowest BCUT2D eigenvalue weighted by Gasteiger charge is -2.02. The maximum absolute atomic E-state index is 10.5. The van der Waals surface area contributed by atoms with Crippen molar-refractivity contribution < 1.29 is 9.66 Å². The minimum Gasteiger partial charge on any atom is -0.497 e. The van der Waals surface area contributed by atoms with Gasteiger partial charge >= 0.3 is 0 Å². The maximum atomic E-state index is 10.5. The van der Waals surface area contributed by atoms with E-state index < -0.39 is 4.92 Å². The summed E-state index contributed by atoms with van der Waals surface area (Å²) >= 11 is 0. The smallest absolute Gasteiger partial charge is 0.277 e. The monoisotopic (exact) mass is 182 g/mol. The van der Waals surface area contributed by atoms with E-state index in [1.165, 1.54) is 13.2 Å². The first-order valence-electron chi connectivity index (χ1n) is 3.70. The van der Waals surface area contributed by atoms with Gasteiger partial charge in [0.2, 0.25) is 0 Å². The fourth-order valence-electron chi connectivity index (χ4n) is 1.01. The van der Waals surface area contributed by atoms with Crippen LogP contribution in [0.5, 0.6) is 5.75 Å². The molecule has 0 spiro atoms. The molecule has 0 aliphatic heterocycles. The SMILES string of the molecule is COc1ccc(CN)c([N+](=O)[O-])c1. The number of nitrogens with two attached hydrogens (primary N) is 1. The van der Waals surface area contributed by atoms with Gasteiger partial charge in [-0.2, -0.15) is 0 Å². The van der Waals surface area contributed by atoms with Crippen molar-refractivity contribution in [3.8, 4) is 5.75 Å². The highest BCUT2D eigenvalue weighted by Crippen LogP contribution is 2.23. The lowest BCUT2D eigenvalue weighted by Crippen LogP contribution is -2.01. The number of benzene rings is 1. The molecule has 1 aromatic carbocycles. The van der Waals surface area contributed by atoms with Crippen LogP contribution < -0.4 is 10.5 Å². The van der Waals surface area contributed by atoms with Crippen LogP contribution >= 0.6 is 0 Å². The molecule has 0 saturated carbocycles. The van der Waals surface area contributed by atoms with Gasteiger partial charge in [-0.1, -0.05) is 0 Å². The maximum Gasteiger partial charge on any atom is 0.277 e. The highest BCUT2D eigenvalue weighted by atomic mass is 16.6. The Morgan fingerprint density at radius 2 is 2.31 bits per heavy atom. The van der Waals surface area contributed by atoms with Crippen molar-refractivity contribution in [3.63, 3.8) is 0 Å². The molecule has 0 amide bonds.